The molecular weight excluding hydrogens is 520 g/mol. The van der Waals surface area contributed by atoms with Gasteiger partial charge in [0.15, 0.2) is 0 Å². The van der Waals surface area contributed by atoms with Gasteiger partial charge in [0.05, 0.1) is 17.1 Å². The third kappa shape index (κ3) is 6.00. The molecule has 0 saturated heterocycles. The quantitative estimate of drug-likeness (QED) is 0.333. The molecule has 0 radical (unpaired) electrons. The van der Waals surface area contributed by atoms with Crippen molar-refractivity contribution in [2.24, 2.45) is 5.92 Å². The molecule has 4 rings (SSSR count). The van der Waals surface area contributed by atoms with Crippen LogP contribution in [-0.4, -0.2) is 37.2 Å². The molecule has 1 aliphatic rings. The fourth-order valence-corrected chi connectivity index (χ4v) is 7.67. The number of fused-ring (bicyclic) bond motifs is 1. The van der Waals surface area contributed by atoms with Crippen LogP contribution in [0.5, 0.6) is 0 Å². The van der Waals surface area contributed by atoms with Gasteiger partial charge in [-0.15, -0.1) is 11.3 Å². The largest absolute Gasteiger partial charge is 0.462 e. The first-order chi connectivity index (χ1) is 18.1. The normalized spacial score (nSPS) is 15.4. The molecule has 1 aliphatic carbocycles. The maximum absolute atomic E-state index is 13.4. The maximum Gasteiger partial charge on any atom is 0.341 e. The summed E-state index contributed by atoms with van der Waals surface area (Å²) in [6.45, 7) is 8.12. The molecule has 38 heavy (non-hydrogen) atoms. The van der Waals surface area contributed by atoms with Gasteiger partial charge in [-0.2, -0.15) is 4.31 Å². The van der Waals surface area contributed by atoms with Gasteiger partial charge in [0.25, 0.3) is 5.91 Å². The summed E-state index contributed by atoms with van der Waals surface area (Å²) in [5.74, 6) is -0.318. The lowest BCUT2D eigenvalue weighted by atomic mass is 9.88. The monoisotopic (exact) mass is 554 g/mol. The number of benzene rings is 2. The molecule has 1 N–H and O–H groups in total. The molecule has 1 atom stereocenters. The average molecular weight is 555 g/mol. The maximum atomic E-state index is 13.4. The summed E-state index contributed by atoms with van der Waals surface area (Å²) in [5.41, 5.74) is 2.61. The van der Waals surface area contributed by atoms with Crippen molar-refractivity contribution in [3.63, 3.8) is 0 Å². The number of hydrogen-bond donors (Lipinski definition) is 1. The molecule has 1 amide bonds. The van der Waals surface area contributed by atoms with Gasteiger partial charge in [-0.1, -0.05) is 37.3 Å². The Hall–Kier alpha value is -3.01. The van der Waals surface area contributed by atoms with Crippen LogP contribution in [0.1, 0.15) is 70.8 Å². The van der Waals surface area contributed by atoms with E-state index in [1.807, 2.05) is 44.2 Å². The molecule has 0 bridgehead atoms. The number of nitrogens with one attached hydrogen (secondary N) is 1. The minimum atomic E-state index is -3.79. The highest BCUT2D eigenvalue weighted by Gasteiger charge is 2.30. The summed E-state index contributed by atoms with van der Waals surface area (Å²) in [6.07, 6.45) is 2.63. The zero-order chi connectivity index (χ0) is 27.4. The lowest BCUT2D eigenvalue weighted by Crippen LogP contribution is -2.36. The van der Waals surface area contributed by atoms with E-state index < -0.39 is 21.9 Å². The van der Waals surface area contributed by atoms with E-state index in [9.17, 15) is 18.0 Å². The number of amides is 1. The van der Waals surface area contributed by atoms with E-state index in [2.05, 4.69) is 12.2 Å². The Bertz CT molecular complexity index is 1400. The first-order valence-corrected chi connectivity index (χ1v) is 15.2. The molecule has 7 nitrogen and oxygen atoms in total. The van der Waals surface area contributed by atoms with E-state index in [1.165, 1.54) is 39.9 Å². The number of carbonyl (C=O) groups is 2. The predicted molar refractivity (Wildman–Crippen MR) is 150 cm³/mol. The van der Waals surface area contributed by atoms with Crippen molar-refractivity contribution >= 4 is 38.2 Å². The minimum absolute atomic E-state index is 0.117. The summed E-state index contributed by atoms with van der Waals surface area (Å²) in [7, 11) is -3.79. The first kappa shape index (κ1) is 28.0. The van der Waals surface area contributed by atoms with E-state index in [-0.39, 0.29) is 24.1 Å². The Morgan fingerprint density at radius 3 is 2.42 bits per heavy atom. The molecule has 3 aromatic rings. The SMILES string of the molecule is CCOC(=O)c1c(NC(=O)c2ccc(S(=O)(=O)N(Cc3ccccc3)C(C)C)cc2)sc2c1CCC(C)C2. The third-order valence-corrected chi connectivity index (χ3v) is 9.90. The van der Waals surface area contributed by atoms with Gasteiger partial charge >= 0.3 is 5.97 Å². The van der Waals surface area contributed by atoms with Crippen LogP contribution in [0.25, 0.3) is 0 Å². The highest BCUT2D eigenvalue weighted by Crippen LogP contribution is 2.40. The molecule has 0 spiro atoms. The van der Waals surface area contributed by atoms with Crippen LogP contribution < -0.4 is 5.32 Å². The Morgan fingerprint density at radius 2 is 1.79 bits per heavy atom. The van der Waals surface area contributed by atoms with Crippen molar-refractivity contribution in [2.45, 2.75) is 64.4 Å². The number of ether oxygens (including phenoxy) is 1. The van der Waals surface area contributed by atoms with Crippen molar-refractivity contribution in [1.29, 1.82) is 0 Å². The van der Waals surface area contributed by atoms with Crippen LogP contribution in [-0.2, 0) is 34.1 Å². The molecule has 0 fully saturated rings. The van der Waals surface area contributed by atoms with Crippen molar-refractivity contribution in [1.82, 2.24) is 4.31 Å². The Morgan fingerprint density at radius 1 is 1.11 bits per heavy atom. The van der Waals surface area contributed by atoms with Gasteiger partial charge in [0.2, 0.25) is 10.0 Å². The molecule has 0 aliphatic heterocycles. The molecule has 9 heteroatoms. The number of thiophene rings is 1. The molecule has 2 aromatic carbocycles. The summed E-state index contributed by atoms with van der Waals surface area (Å²) >= 11 is 1.42. The van der Waals surface area contributed by atoms with Gasteiger partial charge in [0.1, 0.15) is 5.00 Å². The van der Waals surface area contributed by atoms with Gasteiger partial charge < -0.3 is 10.1 Å². The fourth-order valence-electron chi connectivity index (χ4n) is 4.66. The predicted octanol–water partition coefficient (Wildman–Crippen LogP) is 5.90. The van der Waals surface area contributed by atoms with Crippen molar-refractivity contribution < 1.29 is 22.7 Å². The molecular formula is C29H34N2O5S2. The molecule has 202 valence electrons. The summed E-state index contributed by atoms with van der Waals surface area (Å²) < 4.78 is 33.6. The summed E-state index contributed by atoms with van der Waals surface area (Å²) in [4.78, 5) is 27.1. The second kappa shape index (κ2) is 11.8. The molecule has 0 saturated carbocycles. The Labute approximate surface area is 228 Å². The zero-order valence-corrected chi connectivity index (χ0v) is 23.8. The van der Waals surface area contributed by atoms with E-state index >= 15 is 0 Å². The second-order valence-corrected chi connectivity index (χ2v) is 12.9. The fraction of sp³-hybridized carbons (Fsp3) is 0.379. The molecule has 1 unspecified atom stereocenters. The summed E-state index contributed by atoms with van der Waals surface area (Å²) in [5, 5.41) is 3.37. The number of sulfonamides is 1. The first-order valence-electron chi connectivity index (χ1n) is 12.9. The van der Waals surface area contributed by atoms with Crippen LogP contribution in [0, 0.1) is 5.92 Å². The van der Waals surface area contributed by atoms with Crippen LogP contribution >= 0.6 is 11.3 Å². The minimum Gasteiger partial charge on any atom is -0.462 e. The van der Waals surface area contributed by atoms with Crippen LogP contribution in [0.3, 0.4) is 0 Å². The van der Waals surface area contributed by atoms with Gasteiger partial charge in [0, 0.05) is 23.0 Å². The van der Waals surface area contributed by atoms with E-state index in [1.54, 1.807) is 6.92 Å². The smallest absolute Gasteiger partial charge is 0.341 e. The van der Waals surface area contributed by atoms with Crippen molar-refractivity contribution in [3.8, 4) is 0 Å². The molecule has 1 heterocycles. The lowest BCUT2D eigenvalue weighted by molar-refractivity contribution is 0.0526. The van der Waals surface area contributed by atoms with Crippen molar-refractivity contribution in [2.75, 3.05) is 11.9 Å². The average Bonchev–Trinajstić information content (AvgIpc) is 3.24. The number of rotatable bonds is 9. The van der Waals surface area contributed by atoms with E-state index in [4.69, 9.17) is 4.74 Å². The van der Waals surface area contributed by atoms with Crippen LogP contribution in [0.15, 0.2) is 59.5 Å². The van der Waals surface area contributed by atoms with Gasteiger partial charge in [-0.05, 0) is 81.3 Å². The second-order valence-electron chi connectivity index (χ2n) is 9.88. The van der Waals surface area contributed by atoms with E-state index in [0.717, 1.165) is 35.3 Å². The van der Waals surface area contributed by atoms with E-state index in [0.29, 0.717) is 22.0 Å². The number of nitrogens with zero attached hydrogens (tertiary/aromatic N) is 1. The molecule has 1 aromatic heterocycles. The number of hydrogen-bond acceptors (Lipinski definition) is 6. The van der Waals surface area contributed by atoms with Gasteiger partial charge in [-0.3, -0.25) is 4.79 Å². The van der Waals surface area contributed by atoms with Crippen LogP contribution in [0.4, 0.5) is 5.00 Å². The number of anilines is 1. The highest BCUT2D eigenvalue weighted by atomic mass is 32.2. The summed E-state index contributed by atoms with van der Waals surface area (Å²) in [6, 6.07) is 15.1. The standard InChI is InChI=1S/C29H34N2O5S2/c1-5-36-29(33)26-24-16-11-20(4)17-25(24)37-28(26)30-27(32)22-12-14-23(15-13-22)38(34,35)31(19(2)3)18-21-9-7-6-8-10-21/h6-10,12-15,19-20H,5,11,16-18H2,1-4H3,(H,30,32). The topological polar surface area (TPSA) is 92.8 Å². The highest BCUT2D eigenvalue weighted by molar-refractivity contribution is 7.89. The van der Waals surface area contributed by atoms with Gasteiger partial charge in [-0.25, -0.2) is 13.2 Å². The lowest BCUT2D eigenvalue weighted by Gasteiger charge is -2.26. The number of carbonyl (C=O) groups excluding carboxylic acids is 2. The Balaban J connectivity index is 1.56. The zero-order valence-electron chi connectivity index (χ0n) is 22.2. The van der Waals surface area contributed by atoms with Crippen LogP contribution in [0.2, 0.25) is 0 Å². The van der Waals surface area contributed by atoms with Crippen molar-refractivity contribution in [3.05, 3.63) is 81.7 Å². The third-order valence-electron chi connectivity index (χ3n) is 6.70. The Kier molecular flexibility index (Phi) is 8.70. The number of esters is 1.